The van der Waals surface area contributed by atoms with Crippen molar-refractivity contribution in [2.24, 2.45) is 24.6 Å². The molecular formula is C19H24N2O2. The molecule has 4 nitrogen and oxygen atoms in total. The van der Waals surface area contributed by atoms with Crippen molar-refractivity contribution in [3.63, 3.8) is 0 Å². The summed E-state index contributed by atoms with van der Waals surface area (Å²) in [5.41, 5.74) is 10.2. The van der Waals surface area contributed by atoms with Crippen LogP contribution in [-0.2, 0) is 24.6 Å². The normalized spacial score (nSPS) is 22.2. The number of aryl methyl sites for hydroxylation is 1. The number of hydrogen-bond acceptors (Lipinski definition) is 2. The van der Waals surface area contributed by atoms with Crippen LogP contribution >= 0.6 is 0 Å². The molecule has 4 heteroatoms. The van der Waals surface area contributed by atoms with E-state index in [0.717, 1.165) is 37.9 Å². The lowest BCUT2D eigenvalue weighted by Crippen LogP contribution is -2.28. The zero-order valence-electron chi connectivity index (χ0n) is 13.7. The van der Waals surface area contributed by atoms with Crippen molar-refractivity contribution in [2.75, 3.05) is 13.2 Å². The lowest BCUT2D eigenvalue weighted by molar-refractivity contribution is 0.0439. The number of hydrogen-bond donors (Lipinski definition) is 1. The van der Waals surface area contributed by atoms with E-state index in [1.165, 1.54) is 41.4 Å². The number of primary amides is 1. The number of fused-ring (bicyclic) bond motifs is 3. The number of carbonyl (C=O) groups is 1. The van der Waals surface area contributed by atoms with E-state index in [2.05, 4.69) is 11.6 Å². The molecule has 1 aliphatic carbocycles. The molecule has 1 fully saturated rings. The van der Waals surface area contributed by atoms with E-state index < -0.39 is 0 Å². The average molecular weight is 312 g/mol. The maximum absolute atomic E-state index is 11.5. The van der Waals surface area contributed by atoms with Gasteiger partial charge in [0.05, 0.1) is 0 Å². The van der Waals surface area contributed by atoms with E-state index >= 15 is 0 Å². The molecule has 1 atom stereocenters. The minimum Gasteiger partial charge on any atom is -0.381 e. The molecule has 1 aromatic carbocycles. The summed E-state index contributed by atoms with van der Waals surface area (Å²) in [5.74, 6) is 1.18. The van der Waals surface area contributed by atoms with Crippen molar-refractivity contribution >= 4 is 16.8 Å². The van der Waals surface area contributed by atoms with Gasteiger partial charge in [-0.3, -0.25) is 4.79 Å². The second-order valence-corrected chi connectivity index (χ2v) is 7.03. The van der Waals surface area contributed by atoms with Crippen LogP contribution < -0.4 is 5.73 Å². The van der Waals surface area contributed by atoms with Gasteiger partial charge >= 0.3 is 0 Å². The first-order valence-electron chi connectivity index (χ1n) is 8.63. The van der Waals surface area contributed by atoms with Crippen LogP contribution in [0, 0.1) is 11.8 Å². The van der Waals surface area contributed by atoms with Gasteiger partial charge < -0.3 is 15.0 Å². The zero-order valence-corrected chi connectivity index (χ0v) is 13.7. The fourth-order valence-corrected chi connectivity index (χ4v) is 4.55. The summed E-state index contributed by atoms with van der Waals surface area (Å²) in [6, 6.07) is 5.87. The second-order valence-electron chi connectivity index (χ2n) is 7.03. The molecule has 2 aromatic rings. The van der Waals surface area contributed by atoms with Crippen molar-refractivity contribution in [3.8, 4) is 0 Å². The molecule has 0 saturated carbocycles. The van der Waals surface area contributed by atoms with Gasteiger partial charge in [0.2, 0.25) is 5.91 Å². The van der Waals surface area contributed by atoms with Crippen LogP contribution in [0.4, 0.5) is 0 Å². The van der Waals surface area contributed by atoms with Crippen molar-refractivity contribution in [1.82, 2.24) is 4.57 Å². The fraction of sp³-hybridized carbons (Fsp3) is 0.526. The van der Waals surface area contributed by atoms with Gasteiger partial charge in [0.25, 0.3) is 0 Å². The molecule has 122 valence electrons. The van der Waals surface area contributed by atoms with Crippen LogP contribution in [0.25, 0.3) is 10.9 Å². The van der Waals surface area contributed by atoms with Gasteiger partial charge in [0.15, 0.2) is 0 Å². The third kappa shape index (κ3) is 2.45. The van der Waals surface area contributed by atoms with Crippen LogP contribution in [0.2, 0.25) is 0 Å². The Hall–Kier alpha value is -1.81. The Kier molecular flexibility index (Phi) is 3.64. The lowest BCUT2D eigenvalue weighted by atomic mass is 9.75. The summed E-state index contributed by atoms with van der Waals surface area (Å²) in [6.45, 7) is 1.82. The summed E-state index contributed by atoms with van der Waals surface area (Å²) < 4.78 is 7.82. The SMILES string of the molecule is Cn1c2c(c3cc(C(N)=O)ccc31)CC(C1CCOCC1)CC2. The highest BCUT2D eigenvalue weighted by Gasteiger charge is 2.30. The minimum absolute atomic E-state index is 0.346. The molecule has 1 unspecified atom stereocenters. The number of ether oxygens (including phenoxy) is 1. The summed E-state index contributed by atoms with van der Waals surface area (Å²) in [4.78, 5) is 11.5. The molecule has 0 bridgehead atoms. The fourth-order valence-electron chi connectivity index (χ4n) is 4.55. The van der Waals surface area contributed by atoms with Crippen LogP contribution in [0.15, 0.2) is 18.2 Å². The van der Waals surface area contributed by atoms with Gasteiger partial charge in [-0.1, -0.05) is 0 Å². The quantitative estimate of drug-likeness (QED) is 0.927. The third-order valence-electron chi connectivity index (χ3n) is 5.87. The van der Waals surface area contributed by atoms with E-state index in [-0.39, 0.29) is 5.91 Å². The number of nitrogens with zero attached hydrogens (tertiary/aromatic N) is 1. The highest BCUT2D eigenvalue weighted by Crippen LogP contribution is 2.39. The van der Waals surface area contributed by atoms with Gasteiger partial charge in [-0.15, -0.1) is 0 Å². The van der Waals surface area contributed by atoms with E-state index in [1.807, 2.05) is 18.2 Å². The summed E-state index contributed by atoms with van der Waals surface area (Å²) in [5, 5.41) is 1.22. The smallest absolute Gasteiger partial charge is 0.248 e. The molecule has 1 aromatic heterocycles. The van der Waals surface area contributed by atoms with E-state index in [4.69, 9.17) is 10.5 Å². The van der Waals surface area contributed by atoms with E-state index in [0.29, 0.717) is 5.56 Å². The molecule has 2 aliphatic rings. The molecule has 23 heavy (non-hydrogen) atoms. The zero-order chi connectivity index (χ0) is 16.0. The summed E-state index contributed by atoms with van der Waals surface area (Å²) in [7, 11) is 2.14. The Balaban J connectivity index is 1.73. The van der Waals surface area contributed by atoms with Crippen LogP contribution in [0.3, 0.4) is 0 Å². The number of nitrogens with two attached hydrogens (primary N) is 1. The van der Waals surface area contributed by atoms with Crippen LogP contribution in [0.1, 0.15) is 40.9 Å². The maximum atomic E-state index is 11.5. The molecule has 2 N–H and O–H groups in total. The van der Waals surface area contributed by atoms with Gasteiger partial charge in [0.1, 0.15) is 0 Å². The first-order chi connectivity index (χ1) is 11.1. The standard InChI is InChI=1S/C19H24N2O2/c1-21-17-4-2-13(12-6-8-23-9-7-12)10-15(17)16-11-14(19(20)22)3-5-18(16)21/h3,5,11-13H,2,4,6-10H2,1H3,(H2,20,22). The Morgan fingerprint density at radius 2 is 2.00 bits per heavy atom. The van der Waals surface area contributed by atoms with Crippen LogP contribution in [-0.4, -0.2) is 23.7 Å². The molecule has 0 spiro atoms. The van der Waals surface area contributed by atoms with Crippen molar-refractivity contribution in [2.45, 2.75) is 32.1 Å². The number of carbonyl (C=O) groups excluding carboxylic acids is 1. The Morgan fingerprint density at radius 3 is 2.74 bits per heavy atom. The molecular weight excluding hydrogens is 288 g/mol. The monoisotopic (exact) mass is 312 g/mol. The number of aromatic nitrogens is 1. The topological polar surface area (TPSA) is 57.2 Å². The molecule has 1 aliphatic heterocycles. The Morgan fingerprint density at radius 1 is 1.22 bits per heavy atom. The summed E-state index contributed by atoms with van der Waals surface area (Å²) in [6.07, 6.45) is 5.91. The molecule has 1 amide bonds. The average Bonchev–Trinajstić information content (AvgIpc) is 2.87. The first kappa shape index (κ1) is 14.8. The van der Waals surface area contributed by atoms with E-state index in [9.17, 15) is 4.79 Å². The summed E-state index contributed by atoms with van der Waals surface area (Å²) >= 11 is 0. The second kappa shape index (κ2) is 5.68. The Bertz CT molecular complexity index is 756. The predicted octanol–water partition coefficient (Wildman–Crippen LogP) is 2.81. The first-order valence-corrected chi connectivity index (χ1v) is 8.63. The van der Waals surface area contributed by atoms with Crippen molar-refractivity contribution in [1.29, 1.82) is 0 Å². The number of benzene rings is 1. The van der Waals surface area contributed by atoms with Crippen molar-refractivity contribution in [3.05, 3.63) is 35.0 Å². The van der Waals surface area contributed by atoms with Crippen molar-refractivity contribution < 1.29 is 9.53 Å². The largest absolute Gasteiger partial charge is 0.381 e. The molecule has 1 saturated heterocycles. The maximum Gasteiger partial charge on any atom is 0.248 e. The highest BCUT2D eigenvalue weighted by molar-refractivity contribution is 5.98. The van der Waals surface area contributed by atoms with Gasteiger partial charge in [-0.25, -0.2) is 0 Å². The van der Waals surface area contributed by atoms with Gasteiger partial charge in [0, 0.05) is 42.4 Å². The third-order valence-corrected chi connectivity index (χ3v) is 5.87. The van der Waals surface area contributed by atoms with Crippen LogP contribution in [0.5, 0.6) is 0 Å². The lowest BCUT2D eigenvalue weighted by Gasteiger charge is -2.33. The Labute approximate surface area is 136 Å². The molecule has 2 heterocycles. The van der Waals surface area contributed by atoms with Gasteiger partial charge in [-0.05, 0) is 67.7 Å². The number of amides is 1. The molecule has 4 rings (SSSR count). The predicted molar refractivity (Wildman–Crippen MR) is 90.5 cm³/mol. The van der Waals surface area contributed by atoms with Gasteiger partial charge in [-0.2, -0.15) is 0 Å². The minimum atomic E-state index is -0.346. The number of rotatable bonds is 2. The van der Waals surface area contributed by atoms with E-state index in [1.54, 1.807) is 0 Å². The molecule has 0 radical (unpaired) electrons. The highest BCUT2D eigenvalue weighted by atomic mass is 16.5.